The van der Waals surface area contributed by atoms with Crippen molar-refractivity contribution >= 4 is 30.4 Å². The van der Waals surface area contributed by atoms with Crippen LogP contribution < -0.4 is 0 Å². The molecule has 3 rings (SSSR count). The summed E-state index contributed by atoms with van der Waals surface area (Å²) in [5, 5.41) is 0. The first-order chi connectivity index (χ1) is 10.1. The van der Waals surface area contributed by atoms with Crippen LogP contribution in [0.3, 0.4) is 0 Å². The zero-order valence-corrected chi connectivity index (χ0v) is 18.2. The van der Waals surface area contributed by atoms with Crippen LogP contribution in [-0.2, 0) is 23.2 Å². The topological polar surface area (TPSA) is 0 Å². The molecule has 122 valence electrons. The van der Waals surface area contributed by atoms with Crippen LogP contribution in [0.1, 0.15) is 39.7 Å². The molecule has 0 N–H and O–H groups in total. The second kappa shape index (κ2) is 8.66. The van der Waals surface area contributed by atoms with Gasteiger partial charge in [0, 0.05) is 0 Å². The molecule has 0 spiro atoms. The Bertz CT molecular complexity index is 694. The van der Waals surface area contributed by atoms with Crippen LogP contribution >= 0.6 is 24.8 Å². The average Bonchev–Trinajstić information content (AvgIpc) is 2.96. The molecule has 0 fully saturated rings. The number of hydrogen-bond acceptors (Lipinski definition) is 0. The van der Waals surface area contributed by atoms with E-state index in [-0.39, 0.29) is 24.8 Å². The quantitative estimate of drug-likeness (QED) is 0.515. The Morgan fingerprint density at radius 3 is 2.22 bits per heavy atom. The fraction of sp³-hybridized carbons (Fsp3) is 0.300. The van der Waals surface area contributed by atoms with E-state index in [4.69, 9.17) is 0 Å². The first-order valence-electron chi connectivity index (χ1n) is 7.68. The predicted octanol–water partition coefficient (Wildman–Crippen LogP) is 6.54. The summed E-state index contributed by atoms with van der Waals surface area (Å²) in [4.78, 5) is 0. The van der Waals surface area contributed by atoms with Crippen LogP contribution in [-0.4, -0.2) is 0 Å². The predicted molar refractivity (Wildman–Crippen MR) is 102 cm³/mol. The van der Waals surface area contributed by atoms with Gasteiger partial charge in [0.2, 0.25) is 0 Å². The Morgan fingerprint density at radius 1 is 1.00 bits per heavy atom. The molecule has 1 unspecified atom stereocenters. The van der Waals surface area contributed by atoms with Gasteiger partial charge < -0.3 is 0 Å². The van der Waals surface area contributed by atoms with E-state index in [9.17, 15) is 0 Å². The third-order valence-electron chi connectivity index (χ3n) is 4.61. The molecule has 1 aromatic rings. The summed E-state index contributed by atoms with van der Waals surface area (Å²) in [7, 11) is 0. The van der Waals surface area contributed by atoms with Crippen LogP contribution in [0, 0.1) is 5.92 Å². The van der Waals surface area contributed by atoms with Gasteiger partial charge in [-0.3, -0.25) is 0 Å². The van der Waals surface area contributed by atoms with E-state index in [1.165, 1.54) is 28.7 Å². The molecule has 3 heteroatoms. The molecule has 2 aliphatic carbocycles. The van der Waals surface area contributed by atoms with Crippen LogP contribution in [0.2, 0.25) is 0 Å². The van der Waals surface area contributed by atoms with Crippen molar-refractivity contribution in [3.05, 3.63) is 71.3 Å². The fourth-order valence-corrected chi connectivity index (χ4v) is 7.07. The standard InChI is InChI=1S/C12H11.C8H11.2ClH.Zr/c1-10-7-8-12(9-10)11-5-3-2-4-6-11;1-6-4-7(2)8(3)5-6;;;/h2-6,9H,8H2,1H3;4,6H,1-3H3;2*1H;. The first kappa shape index (κ1) is 20.7. The van der Waals surface area contributed by atoms with Gasteiger partial charge in [0.05, 0.1) is 0 Å². The third kappa shape index (κ3) is 4.38. The number of allylic oxidation sites excluding steroid dienone is 8. The average molecular weight is 427 g/mol. The Balaban J connectivity index is 0.00000132. The minimum absolute atomic E-state index is 0. The van der Waals surface area contributed by atoms with Crippen molar-refractivity contribution in [3.63, 3.8) is 0 Å². The molecule has 0 radical (unpaired) electrons. The maximum absolute atomic E-state index is 2.45. The van der Waals surface area contributed by atoms with Crippen molar-refractivity contribution in [2.24, 2.45) is 5.92 Å². The number of benzene rings is 1. The molecule has 0 aliphatic heterocycles. The maximum Gasteiger partial charge on any atom is -0.147 e. The summed E-state index contributed by atoms with van der Waals surface area (Å²) in [5.74, 6) is 0.678. The van der Waals surface area contributed by atoms with Crippen LogP contribution in [0.25, 0.3) is 5.57 Å². The molecule has 0 amide bonds. The van der Waals surface area contributed by atoms with Gasteiger partial charge in [-0.25, -0.2) is 0 Å². The maximum atomic E-state index is 2.45. The minimum atomic E-state index is -0.612. The summed E-state index contributed by atoms with van der Waals surface area (Å²) >= 11 is -0.612. The van der Waals surface area contributed by atoms with Crippen LogP contribution in [0.15, 0.2) is 65.8 Å². The molecular formula is C20H24Cl2Zr. The smallest absolute Gasteiger partial charge is 0.147 e. The minimum Gasteiger partial charge on any atom is -0.147 e. The van der Waals surface area contributed by atoms with E-state index in [2.05, 4.69) is 70.2 Å². The van der Waals surface area contributed by atoms with Gasteiger partial charge in [-0.15, -0.1) is 24.8 Å². The van der Waals surface area contributed by atoms with Crippen molar-refractivity contribution in [2.45, 2.75) is 34.1 Å². The van der Waals surface area contributed by atoms with Crippen LogP contribution in [0.4, 0.5) is 0 Å². The molecule has 0 nitrogen and oxygen atoms in total. The van der Waals surface area contributed by atoms with Crippen molar-refractivity contribution in [3.8, 4) is 0 Å². The van der Waals surface area contributed by atoms with Gasteiger partial charge in [-0.1, -0.05) is 0 Å². The normalized spacial score (nSPS) is 19.9. The second-order valence-electron chi connectivity index (χ2n) is 6.18. The summed E-state index contributed by atoms with van der Waals surface area (Å²) in [5.41, 5.74) is 7.54. The molecule has 0 heterocycles. The second-order valence-corrected chi connectivity index (χ2v) is 9.60. The van der Waals surface area contributed by atoms with Gasteiger partial charge in [-0.2, -0.15) is 0 Å². The van der Waals surface area contributed by atoms with E-state index in [0.717, 1.165) is 0 Å². The largest absolute Gasteiger partial charge is 0.147 e. The molecule has 0 aromatic heterocycles. The molecule has 23 heavy (non-hydrogen) atoms. The van der Waals surface area contributed by atoms with Gasteiger partial charge in [-0.05, 0) is 0 Å². The Hall–Kier alpha value is -0.357. The molecule has 0 bridgehead atoms. The molecule has 1 atom stereocenters. The molecule has 1 aromatic carbocycles. The summed E-state index contributed by atoms with van der Waals surface area (Å²) in [6.07, 6.45) is 6.05. The summed E-state index contributed by atoms with van der Waals surface area (Å²) in [6, 6.07) is 10.9. The van der Waals surface area contributed by atoms with Crippen LogP contribution in [0.5, 0.6) is 0 Å². The SMILES string of the molecule is CC1=CC(C)[C]([Zr][C]2=C(C)C=C(c3ccccc3)C2)=C1C.Cl.Cl. The zero-order chi connectivity index (χ0) is 15.0. The fourth-order valence-electron chi connectivity index (χ4n) is 3.22. The van der Waals surface area contributed by atoms with Crippen molar-refractivity contribution < 1.29 is 23.2 Å². The molecule has 0 saturated carbocycles. The van der Waals surface area contributed by atoms with E-state index in [1.807, 2.05) is 0 Å². The van der Waals surface area contributed by atoms with E-state index >= 15 is 0 Å². The Labute approximate surface area is 164 Å². The van der Waals surface area contributed by atoms with Crippen molar-refractivity contribution in [1.29, 1.82) is 0 Å². The molecule has 2 aliphatic rings. The van der Waals surface area contributed by atoms with E-state index in [0.29, 0.717) is 5.92 Å². The monoisotopic (exact) mass is 424 g/mol. The van der Waals surface area contributed by atoms with Gasteiger partial charge in [0.25, 0.3) is 0 Å². The number of rotatable bonds is 3. The number of halogens is 2. The van der Waals surface area contributed by atoms with Gasteiger partial charge in [0.1, 0.15) is 0 Å². The zero-order valence-electron chi connectivity index (χ0n) is 14.1. The third-order valence-corrected chi connectivity index (χ3v) is 9.46. The van der Waals surface area contributed by atoms with Crippen molar-refractivity contribution in [2.75, 3.05) is 0 Å². The summed E-state index contributed by atoms with van der Waals surface area (Å²) in [6.45, 7) is 9.26. The Kier molecular flexibility index (Phi) is 7.79. The van der Waals surface area contributed by atoms with E-state index < -0.39 is 23.2 Å². The van der Waals surface area contributed by atoms with Crippen molar-refractivity contribution in [1.82, 2.24) is 0 Å². The molecular weight excluding hydrogens is 402 g/mol. The number of hydrogen-bond donors (Lipinski definition) is 0. The molecule has 0 saturated heterocycles. The van der Waals surface area contributed by atoms with Gasteiger partial charge in [0.15, 0.2) is 0 Å². The first-order valence-corrected chi connectivity index (χ1v) is 10.1. The Morgan fingerprint density at radius 2 is 1.65 bits per heavy atom. The van der Waals surface area contributed by atoms with E-state index in [1.54, 1.807) is 12.1 Å². The van der Waals surface area contributed by atoms with Gasteiger partial charge >= 0.3 is 140 Å². The summed E-state index contributed by atoms with van der Waals surface area (Å²) < 4.78 is 3.55.